The van der Waals surface area contributed by atoms with Crippen LogP contribution in [-0.2, 0) is 0 Å². The first-order chi connectivity index (χ1) is 9.34. The number of rotatable bonds is 1. The highest BCUT2D eigenvalue weighted by Crippen LogP contribution is 2.35. The van der Waals surface area contributed by atoms with Crippen LogP contribution < -0.4 is 0 Å². The Morgan fingerprint density at radius 3 is 2.53 bits per heavy atom. The van der Waals surface area contributed by atoms with E-state index in [1.165, 1.54) is 22.0 Å². The van der Waals surface area contributed by atoms with Gasteiger partial charge in [0.15, 0.2) is 0 Å². The van der Waals surface area contributed by atoms with Gasteiger partial charge in [0.05, 0.1) is 11.0 Å². The third kappa shape index (κ3) is 1.61. The molecule has 0 saturated carbocycles. The number of nitrogens with zero attached hydrogens (tertiary/aromatic N) is 1. The Hall–Kier alpha value is -1.77. The Labute approximate surface area is 119 Å². The fourth-order valence-electron chi connectivity index (χ4n) is 2.57. The maximum Gasteiger partial charge on any atom is 0.0648 e. The maximum atomic E-state index is 6.16. The van der Waals surface area contributed by atoms with Crippen LogP contribution in [0.4, 0.5) is 0 Å². The topological polar surface area (TPSA) is 4.93 Å². The molecule has 0 saturated heterocycles. The fourth-order valence-corrected chi connectivity index (χ4v) is 3.55. The Kier molecular flexibility index (Phi) is 2.40. The zero-order valence-corrected chi connectivity index (χ0v) is 11.6. The summed E-state index contributed by atoms with van der Waals surface area (Å²) in [6.45, 7) is 0. The van der Waals surface area contributed by atoms with Gasteiger partial charge in [-0.15, -0.1) is 11.3 Å². The number of hydrogen-bond acceptors (Lipinski definition) is 1. The van der Waals surface area contributed by atoms with Crippen molar-refractivity contribution in [2.45, 2.75) is 0 Å². The van der Waals surface area contributed by atoms with Gasteiger partial charge in [-0.2, -0.15) is 0 Å². The molecule has 0 aliphatic carbocycles. The van der Waals surface area contributed by atoms with Crippen LogP contribution in [-0.4, -0.2) is 4.57 Å². The fraction of sp³-hybridized carbons (Fsp3) is 0. The smallest absolute Gasteiger partial charge is 0.0648 e. The van der Waals surface area contributed by atoms with Gasteiger partial charge < -0.3 is 4.57 Å². The van der Waals surface area contributed by atoms with Crippen molar-refractivity contribution in [3.63, 3.8) is 0 Å². The molecule has 2 aromatic carbocycles. The minimum Gasteiger partial charge on any atom is -0.308 e. The number of para-hydroxylation sites is 1. The number of thiophene rings is 1. The quantitative estimate of drug-likeness (QED) is 0.435. The van der Waals surface area contributed by atoms with Gasteiger partial charge in [-0.3, -0.25) is 0 Å². The normalized spacial score (nSPS) is 11.4. The van der Waals surface area contributed by atoms with Crippen LogP contribution in [0.2, 0.25) is 5.02 Å². The van der Waals surface area contributed by atoms with Crippen molar-refractivity contribution >= 4 is 44.7 Å². The van der Waals surface area contributed by atoms with E-state index in [2.05, 4.69) is 45.7 Å². The summed E-state index contributed by atoms with van der Waals surface area (Å²) in [5.74, 6) is 0. The molecule has 1 nitrogen and oxygen atoms in total. The van der Waals surface area contributed by atoms with Crippen LogP contribution in [0.3, 0.4) is 0 Å². The van der Waals surface area contributed by atoms with E-state index in [4.69, 9.17) is 11.6 Å². The van der Waals surface area contributed by atoms with Crippen LogP contribution >= 0.6 is 22.9 Å². The minimum atomic E-state index is 0.772. The number of hydrogen-bond donors (Lipinski definition) is 0. The molecule has 4 aromatic rings. The molecule has 0 fully saturated rings. The molecule has 0 aliphatic rings. The molecule has 0 N–H and O–H groups in total. The van der Waals surface area contributed by atoms with Gasteiger partial charge in [-0.25, -0.2) is 0 Å². The van der Waals surface area contributed by atoms with Gasteiger partial charge in [-0.1, -0.05) is 35.9 Å². The van der Waals surface area contributed by atoms with Crippen LogP contribution in [0.1, 0.15) is 0 Å². The third-order valence-corrected chi connectivity index (χ3v) is 4.35. The highest BCUT2D eigenvalue weighted by atomic mass is 35.5. The lowest BCUT2D eigenvalue weighted by molar-refractivity contribution is 1.18. The average molecular weight is 284 g/mol. The first-order valence-electron chi connectivity index (χ1n) is 6.06. The molecule has 0 aliphatic heterocycles. The molecule has 0 amide bonds. The van der Waals surface area contributed by atoms with E-state index < -0.39 is 0 Å². The lowest BCUT2D eigenvalue weighted by Crippen LogP contribution is -1.91. The molecule has 0 unspecified atom stereocenters. The second-order valence-electron chi connectivity index (χ2n) is 4.50. The zero-order chi connectivity index (χ0) is 12.8. The van der Waals surface area contributed by atoms with Crippen LogP contribution in [0.25, 0.3) is 27.5 Å². The predicted molar refractivity (Wildman–Crippen MR) is 83.7 cm³/mol. The standard InChI is InChI=1S/C16H10ClNS/c17-11-6-7-13-14-9-19-10-16(14)18(15(13)8-11)12-4-2-1-3-5-12/h1-10H. The van der Waals surface area contributed by atoms with Crippen molar-refractivity contribution in [2.24, 2.45) is 0 Å². The highest BCUT2D eigenvalue weighted by molar-refractivity contribution is 7.09. The summed E-state index contributed by atoms with van der Waals surface area (Å²) in [7, 11) is 0. The summed E-state index contributed by atoms with van der Waals surface area (Å²) in [5.41, 5.74) is 3.58. The van der Waals surface area contributed by atoms with Gasteiger partial charge in [0.2, 0.25) is 0 Å². The second kappa shape index (κ2) is 4.12. The SMILES string of the molecule is Clc1ccc2c3cscc3n(-c3ccccc3)c2c1. The van der Waals surface area contributed by atoms with Crippen LogP contribution in [0.5, 0.6) is 0 Å². The van der Waals surface area contributed by atoms with E-state index in [1.807, 2.05) is 18.2 Å². The molecule has 0 spiro atoms. The summed E-state index contributed by atoms with van der Waals surface area (Å²) in [6.07, 6.45) is 0. The first kappa shape index (κ1) is 11.1. The van der Waals surface area contributed by atoms with Crippen molar-refractivity contribution in [1.82, 2.24) is 4.57 Å². The largest absolute Gasteiger partial charge is 0.308 e. The van der Waals surface area contributed by atoms with E-state index >= 15 is 0 Å². The molecule has 2 aromatic heterocycles. The van der Waals surface area contributed by atoms with E-state index in [1.54, 1.807) is 11.3 Å². The third-order valence-electron chi connectivity index (χ3n) is 3.39. The molecule has 3 heteroatoms. The molecular weight excluding hydrogens is 274 g/mol. The van der Waals surface area contributed by atoms with Crippen molar-refractivity contribution in [2.75, 3.05) is 0 Å². The summed E-state index contributed by atoms with van der Waals surface area (Å²) >= 11 is 7.90. The summed E-state index contributed by atoms with van der Waals surface area (Å²) < 4.78 is 2.27. The predicted octanol–water partition coefficient (Wildman–Crippen LogP) is 5.50. The highest BCUT2D eigenvalue weighted by Gasteiger charge is 2.12. The van der Waals surface area contributed by atoms with E-state index in [0.717, 1.165) is 10.5 Å². The molecule has 0 radical (unpaired) electrons. The van der Waals surface area contributed by atoms with Crippen molar-refractivity contribution in [3.8, 4) is 5.69 Å². The van der Waals surface area contributed by atoms with E-state index in [-0.39, 0.29) is 0 Å². The Balaban J connectivity index is 2.21. The van der Waals surface area contributed by atoms with Crippen molar-refractivity contribution in [3.05, 3.63) is 64.3 Å². The molecule has 0 bridgehead atoms. The van der Waals surface area contributed by atoms with Gasteiger partial charge in [0.25, 0.3) is 0 Å². The summed E-state index contributed by atoms with van der Waals surface area (Å²) in [5, 5.41) is 7.71. The second-order valence-corrected chi connectivity index (χ2v) is 5.68. The number of halogens is 1. The van der Waals surface area contributed by atoms with Crippen molar-refractivity contribution < 1.29 is 0 Å². The maximum absolute atomic E-state index is 6.16. The minimum absolute atomic E-state index is 0.772. The molecule has 4 rings (SSSR count). The molecule has 2 heterocycles. The summed E-state index contributed by atoms with van der Waals surface area (Å²) in [4.78, 5) is 0. The van der Waals surface area contributed by atoms with Crippen molar-refractivity contribution in [1.29, 1.82) is 0 Å². The number of benzene rings is 2. The molecule has 0 atom stereocenters. The summed E-state index contributed by atoms with van der Waals surface area (Å²) in [6, 6.07) is 16.5. The Morgan fingerprint density at radius 2 is 1.68 bits per heavy atom. The van der Waals surface area contributed by atoms with Crippen LogP contribution in [0, 0.1) is 0 Å². The molecular formula is C16H10ClNS. The lowest BCUT2D eigenvalue weighted by Gasteiger charge is -2.06. The first-order valence-corrected chi connectivity index (χ1v) is 7.38. The number of aromatic nitrogens is 1. The zero-order valence-electron chi connectivity index (χ0n) is 10.0. The monoisotopic (exact) mass is 283 g/mol. The van der Waals surface area contributed by atoms with Crippen LogP contribution in [0.15, 0.2) is 59.3 Å². The van der Waals surface area contributed by atoms with E-state index in [9.17, 15) is 0 Å². The molecule has 19 heavy (non-hydrogen) atoms. The Morgan fingerprint density at radius 1 is 0.842 bits per heavy atom. The average Bonchev–Trinajstić information content (AvgIpc) is 2.99. The van der Waals surface area contributed by atoms with Gasteiger partial charge in [0, 0.05) is 32.2 Å². The Bertz CT molecular complexity index is 874. The van der Waals surface area contributed by atoms with Gasteiger partial charge >= 0.3 is 0 Å². The molecule has 92 valence electrons. The lowest BCUT2D eigenvalue weighted by atomic mass is 10.2. The van der Waals surface area contributed by atoms with Gasteiger partial charge in [-0.05, 0) is 24.3 Å². The van der Waals surface area contributed by atoms with Gasteiger partial charge in [0.1, 0.15) is 0 Å². The number of fused-ring (bicyclic) bond motifs is 3. The van der Waals surface area contributed by atoms with E-state index in [0.29, 0.717) is 0 Å².